The molecule has 0 radical (unpaired) electrons. The van der Waals surface area contributed by atoms with Crippen LogP contribution in [0.2, 0.25) is 5.02 Å². The normalized spacial score (nSPS) is 17.3. The van der Waals surface area contributed by atoms with E-state index < -0.39 is 0 Å². The predicted molar refractivity (Wildman–Crippen MR) is 96.9 cm³/mol. The highest BCUT2D eigenvalue weighted by molar-refractivity contribution is 6.30. The molecular formula is C19H21ClN2O2. The van der Waals surface area contributed by atoms with E-state index in [1.807, 2.05) is 12.1 Å². The van der Waals surface area contributed by atoms with Crippen molar-refractivity contribution < 1.29 is 9.53 Å². The molecule has 4 nitrogen and oxygen atoms in total. The summed E-state index contributed by atoms with van der Waals surface area (Å²) in [5.74, 6) is 1.00. The van der Waals surface area contributed by atoms with E-state index in [9.17, 15) is 4.79 Å². The van der Waals surface area contributed by atoms with E-state index in [0.717, 1.165) is 18.8 Å². The molecule has 1 fully saturated rings. The van der Waals surface area contributed by atoms with Gasteiger partial charge in [0.2, 0.25) is 0 Å². The second-order valence-electron chi connectivity index (χ2n) is 5.96. The number of piperidine rings is 1. The van der Waals surface area contributed by atoms with Crippen LogP contribution < -0.4 is 15.4 Å². The Kier molecular flexibility index (Phi) is 5.72. The summed E-state index contributed by atoms with van der Waals surface area (Å²) in [6.07, 6.45) is 2.43. The topological polar surface area (TPSA) is 50.4 Å². The second-order valence-corrected chi connectivity index (χ2v) is 6.39. The lowest BCUT2D eigenvalue weighted by Crippen LogP contribution is -2.28. The molecule has 24 heavy (non-hydrogen) atoms. The summed E-state index contributed by atoms with van der Waals surface area (Å²) >= 11 is 5.81. The molecule has 0 aliphatic carbocycles. The van der Waals surface area contributed by atoms with Gasteiger partial charge in [0.1, 0.15) is 5.75 Å². The molecule has 1 aliphatic rings. The molecule has 1 aliphatic heterocycles. The number of anilines is 1. The summed E-state index contributed by atoms with van der Waals surface area (Å²) in [6.45, 7) is 2.11. The van der Waals surface area contributed by atoms with Gasteiger partial charge in [0.05, 0.1) is 0 Å². The maximum absolute atomic E-state index is 12.0. The van der Waals surface area contributed by atoms with Crippen LogP contribution in [-0.2, 0) is 4.79 Å². The number of nitrogens with one attached hydrogen (secondary N) is 2. The van der Waals surface area contributed by atoms with Crippen molar-refractivity contribution in [2.75, 3.05) is 25.0 Å². The first-order valence-electron chi connectivity index (χ1n) is 8.19. The van der Waals surface area contributed by atoms with E-state index in [2.05, 4.69) is 22.8 Å². The second kappa shape index (κ2) is 8.18. The predicted octanol–water partition coefficient (Wildman–Crippen LogP) is 3.82. The number of carbonyl (C=O) groups excluding carboxylic acids is 1. The third-order valence-electron chi connectivity index (χ3n) is 4.15. The number of benzene rings is 2. The van der Waals surface area contributed by atoms with Crippen LogP contribution in [-0.4, -0.2) is 25.6 Å². The molecule has 0 bridgehead atoms. The summed E-state index contributed by atoms with van der Waals surface area (Å²) in [5, 5.41) is 6.91. The minimum absolute atomic E-state index is 0.0318. The van der Waals surface area contributed by atoms with Crippen LogP contribution in [0.4, 0.5) is 5.69 Å². The van der Waals surface area contributed by atoms with Gasteiger partial charge < -0.3 is 15.4 Å². The highest BCUT2D eigenvalue weighted by Gasteiger charge is 2.14. The minimum atomic E-state index is -0.183. The van der Waals surface area contributed by atoms with Gasteiger partial charge in [-0.25, -0.2) is 0 Å². The van der Waals surface area contributed by atoms with E-state index >= 15 is 0 Å². The fourth-order valence-electron chi connectivity index (χ4n) is 2.85. The van der Waals surface area contributed by atoms with Gasteiger partial charge in [-0.15, -0.1) is 0 Å². The van der Waals surface area contributed by atoms with Crippen LogP contribution in [0, 0.1) is 0 Å². The summed E-state index contributed by atoms with van der Waals surface area (Å²) in [6, 6.07) is 15.0. The SMILES string of the molecule is O=C(COc1ccc(Cl)cc1)Nc1ccc(C2CCCNC2)cc1. The zero-order valence-electron chi connectivity index (χ0n) is 13.4. The average Bonchev–Trinajstić information content (AvgIpc) is 2.63. The van der Waals surface area contributed by atoms with E-state index in [4.69, 9.17) is 16.3 Å². The van der Waals surface area contributed by atoms with Crippen molar-refractivity contribution in [3.8, 4) is 5.75 Å². The van der Waals surface area contributed by atoms with Crippen molar-refractivity contribution in [1.29, 1.82) is 0 Å². The molecule has 0 saturated carbocycles. The molecule has 2 aromatic carbocycles. The van der Waals surface area contributed by atoms with Crippen LogP contribution >= 0.6 is 11.6 Å². The molecule has 2 N–H and O–H groups in total. The van der Waals surface area contributed by atoms with E-state index in [0.29, 0.717) is 16.7 Å². The van der Waals surface area contributed by atoms with Gasteiger partial charge in [0.15, 0.2) is 6.61 Å². The Bertz CT molecular complexity index is 665. The van der Waals surface area contributed by atoms with Gasteiger partial charge in [-0.1, -0.05) is 23.7 Å². The lowest BCUT2D eigenvalue weighted by molar-refractivity contribution is -0.118. The average molecular weight is 345 g/mol. The van der Waals surface area contributed by atoms with E-state index in [1.165, 1.54) is 18.4 Å². The van der Waals surface area contributed by atoms with Crippen LogP contribution in [0.25, 0.3) is 0 Å². The first-order valence-corrected chi connectivity index (χ1v) is 8.57. The maximum atomic E-state index is 12.0. The quantitative estimate of drug-likeness (QED) is 0.866. The van der Waals surface area contributed by atoms with Gasteiger partial charge >= 0.3 is 0 Å². The van der Waals surface area contributed by atoms with Gasteiger partial charge in [-0.2, -0.15) is 0 Å². The maximum Gasteiger partial charge on any atom is 0.262 e. The monoisotopic (exact) mass is 344 g/mol. The molecule has 1 amide bonds. The molecule has 0 aromatic heterocycles. The van der Waals surface area contributed by atoms with Crippen LogP contribution in [0.3, 0.4) is 0 Å². The van der Waals surface area contributed by atoms with Crippen molar-refractivity contribution >= 4 is 23.2 Å². The molecule has 5 heteroatoms. The molecule has 0 spiro atoms. The number of halogens is 1. The number of hydrogen-bond acceptors (Lipinski definition) is 3. The largest absolute Gasteiger partial charge is 0.484 e. The van der Waals surface area contributed by atoms with Crippen molar-refractivity contribution in [3.63, 3.8) is 0 Å². The fourth-order valence-corrected chi connectivity index (χ4v) is 2.98. The number of carbonyl (C=O) groups is 1. The Labute approximate surface area is 147 Å². The highest BCUT2D eigenvalue weighted by Crippen LogP contribution is 2.24. The third kappa shape index (κ3) is 4.73. The van der Waals surface area contributed by atoms with Gasteiger partial charge in [-0.05, 0) is 67.3 Å². The number of amides is 1. The lowest BCUT2D eigenvalue weighted by Gasteiger charge is -2.23. The molecule has 1 unspecified atom stereocenters. The van der Waals surface area contributed by atoms with Crippen molar-refractivity contribution in [3.05, 3.63) is 59.1 Å². The molecule has 1 atom stereocenters. The van der Waals surface area contributed by atoms with Crippen LogP contribution in [0.1, 0.15) is 24.3 Å². The Morgan fingerprint density at radius 1 is 1.17 bits per heavy atom. The van der Waals surface area contributed by atoms with Crippen molar-refractivity contribution in [2.45, 2.75) is 18.8 Å². The Morgan fingerprint density at radius 2 is 1.92 bits per heavy atom. The smallest absolute Gasteiger partial charge is 0.262 e. The summed E-state index contributed by atoms with van der Waals surface area (Å²) in [5.41, 5.74) is 2.10. The zero-order valence-corrected chi connectivity index (χ0v) is 14.2. The number of ether oxygens (including phenoxy) is 1. The summed E-state index contributed by atoms with van der Waals surface area (Å²) in [4.78, 5) is 12.0. The van der Waals surface area contributed by atoms with Crippen LogP contribution in [0.5, 0.6) is 5.75 Å². The highest BCUT2D eigenvalue weighted by atomic mass is 35.5. The first-order chi connectivity index (χ1) is 11.7. The molecule has 1 heterocycles. The van der Waals surface area contributed by atoms with Crippen LogP contribution in [0.15, 0.2) is 48.5 Å². The Hall–Kier alpha value is -2.04. The van der Waals surface area contributed by atoms with Crippen molar-refractivity contribution in [1.82, 2.24) is 5.32 Å². The van der Waals surface area contributed by atoms with E-state index in [1.54, 1.807) is 24.3 Å². The molecule has 1 saturated heterocycles. The molecule has 126 valence electrons. The summed E-state index contributed by atoms with van der Waals surface area (Å²) in [7, 11) is 0. The molecule has 3 rings (SSSR count). The molecule has 2 aromatic rings. The Morgan fingerprint density at radius 3 is 2.58 bits per heavy atom. The Balaban J connectivity index is 1.49. The zero-order chi connectivity index (χ0) is 16.8. The minimum Gasteiger partial charge on any atom is -0.484 e. The molecular weight excluding hydrogens is 324 g/mol. The lowest BCUT2D eigenvalue weighted by atomic mass is 9.92. The number of rotatable bonds is 5. The van der Waals surface area contributed by atoms with E-state index in [-0.39, 0.29) is 12.5 Å². The van der Waals surface area contributed by atoms with Crippen molar-refractivity contribution in [2.24, 2.45) is 0 Å². The number of hydrogen-bond donors (Lipinski definition) is 2. The van der Waals surface area contributed by atoms with Gasteiger partial charge in [0, 0.05) is 17.3 Å². The first kappa shape index (κ1) is 16.8. The third-order valence-corrected chi connectivity index (χ3v) is 4.40. The fraction of sp³-hybridized carbons (Fsp3) is 0.316. The van der Waals surface area contributed by atoms with Gasteiger partial charge in [0.25, 0.3) is 5.91 Å². The van der Waals surface area contributed by atoms with Gasteiger partial charge in [-0.3, -0.25) is 4.79 Å². The summed E-state index contributed by atoms with van der Waals surface area (Å²) < 4.78 is 5.43. The standard InChI is InChI=1S/C19H21ClN2O2/c20-16-5-9-18(10-6-16)24-13-19(23)22-17-7-3-14(4-8-17)15-2-1-11-21-12-15/h3-10,15,21H,1-2,11-13H2,(H,22,23).